The SMILES string of the molecule is O=P([O-])([O-])[O-].P.[Mo+4].[W]. The Labute approximate surface area is 78.8 Å². The minimum absolute atomic E-state index is 0. The van der Waals surface area contributed by atoms with Crippen molar-refractivity contribution in [2.45, 2.75) is 0 Å². The molecule has 8 heteroatoms. The van der Waals surface area contributed by atoms with E-state index in [0.29, 0.717) is 0 Å². The molecule has 4 nitrogen and oxygen atoms in total. The topological polar surface area (TPSA) is 86.2 Å². The van der Waals surface area contributed by atoms with Gasteiger partial charge in [0.05, 0.1) is 0 Å². The van der Waals surface area contributed by atoms with Crippen molar-refractivity contribution in [2.24, 2.45) is 0 Å². The van der Waals surface area contributed by atoms with E-state index in [1.807, 2.05) is 0 Å². The Morgan fingerprint density at radius 1 is 1.12 bits per heavy atom. The average Bonchev–Trinajstić information content (AvgIpc) is 0.722. The molecule has 0 saturated carbocycles. The Morgan fingerprint density at radius 2 is 1.12 bits per heavy atom. The predicted molar refractivity (Wildman–Crippen MR) is 18.7 cm³/mol. The molecule has 0 aromatic heterocycles. The van der Waals surface area contributed by atoms with Gasteiger partial charge in [0, 0.05) is 21.1 Å². The van der Waals surface area contributed by atoms with Crippen molar-refractivity contribution >= 4 is 17.7 Å². The molecule has 0 N–H and O–H groups in total. The molecule has 0 amide bonds. The van der Waals surface area contributed by atoms with E-state index in [1.54, 1.807) is 0 Å². The first-order valence-electron chi connectivity index (χ1n) is 0.730. The number of hydrogen-bond donors (Lipinski definition) is 0. The Bertz CT molecular complexity index is 60.2. The molecule has 0 saturated heterocycles. The summed E-state index contributed by atoms with van der Waals surface area (Å²) < 4.78 is 8.55. The second-order valence-corrected chi connectivity index (χ2v) is 1.34. The van der Waals surface area contributed by atoms with E-state index in [2.05, 4.69) is 0 Å². The maximum absolute atomic E-state index is 8.55. The molecule has 48 valence electrons. The van der Waals surface area contributed by atoms with Crippen LogP contribution in [-0.4, -0.2) is 0 Å². The molecule has 0 aliphatic heterocycles. The molecule has 1 atom stereocenters. The van der Waals surface area contributed by atoms with Crippen molar-refractivity contribution in [2.75, 3.05) is 0 Å². The van der Waals surface area contributed by atoms with Crippen molar-refractivity contribution in [1.29, 1.82) is 0 Å². The molecule has 0 radical (unpaired) electrons. The predicted octanol–water partition coefficient (Wildman–Crippen LogP) is -2.77. The Hall–Kier alpha value is 1.92. The molecule has 0 spiro atoms. The van der Waals surface area contributed by atoms with Crippen LogP contribution in [0.4, 0.5) is 0 Å². The molecule has 0 rings (SSSR count). The van der Waals surface area contributed by atoms with Crippen LogP contribution >= 0.6 is 17.7 Å². The third-order valence-corrected chi connectivity index (χ3v) is 0. The van der Waals surface area contributed by atoms with Crippen LogP contribution < -0.4 is 14.7 Å². The van der Waals surface area contributed by atoms with Crippen LogP contribution in [-0.2, 0) is 46.7 Å². The second-order valence-electron chi connectivity index (χ2n) is 0.447. The molecule has 0 aliphatic carbocycles. The van der Waals surface area contributed by atoms with Crippen LogP contribution in [0.25, 0.3) is 0 Å². The van der Waals surface area contributed by atoms with E-state index >= 15 is 0 Å². The van der Waals surface area contributed by atoms with Crippen molar-refractivity contribution in [1.82, 2.24) is 0 Å². The number of rotatable bonds is 0. The van der Waals surface area contributed by atoms with Crippen LogP contribution in [0, 0.1) is 0 Å². The minimum Gasteiger partial charge on any atom is -0.822 e. The van der Waals surface area contributed by atoms with Gasteiger partial charge in [-0.3, -0.25) is 0 Å². The summed E-state index contributed by atoms with van der Waals surface area (Å²) in [5.41, 5.74) is 0. The van der Waals surface area contributed by atoms with Gasteiger partial charge in [-0.25, -0.2) is 0 Å². The Balaban J connectivity index is -0.0000000267. The van der Waals surface area contributed by atoms with Gasteiger partial charge in [-0.2, -0.15) is 17.7 Å². The molecule has 8 heavy (non-hydrogen) atoms. The van der Waals surface area contributed by atoms with Crippen molar-refractivity contribution in [3.8, 4) is 0 Å². The fourth-order valence-electron chi connectivity index (χ4n) is 0. The van der Waals surface area contributed by atoms with Crippen LogP contribution in [0.15, 0.2) is 0 Å². The second kappa shape index (κ2) is 8.92. The van der Waals surface area contributed by atoms with Gasteiger partial charge in [0.15, 0.2) is 0 Å². The van der Waals surface area contributed by atoms with Crippen LogP contribution in [0.1, 0.15) is 0 Å². The molecular formula is H3MoO4P2W+. The van der Waals surface area contributed by atoms with Crippen LogP contribution in [0.3, 0.4) is 0 Å². The van der Waals surface area contributed by atoms with E-state index < -0.39 is 7.82 Å². The maximum Gasteiger partial charge on any atom is 4.00 e. The molecular weight excluding hydrogens is 406 g/mol. The van der Waals surface area contributed by atoms with E-state index in [4.69, 9.17) is 19.2 Å². The smallest absolute Gasteiger partial charge is 0.822 e. The van der Waals surface area contributed by atoms with E-state index in [-0.39, 0.29) is 52.0 Å². The van der Waals surface area contributed by atoms with Gasteiger partial charge in [0.2, 0.25) is 0 Å². The van der Waals surface area contributed by atoms with E-state index in [9.17, 15) is 0 Å². The normalized spacial score (nSPS) is 7.38. The molecule has 0 fully saturated rings. The van der Waals surface area contributed by atoms with Crippen molar-refractivity contribution in [3.63, 3.8) is 0 Å². The summed E-state index contributed by atoms with van der Waals surface area (Å²) in [6.07, 6.45) is 0. The first-order valence-corrected chi connectivity index (χ1v) is 2.19. The first kappa shape index (κ1) is 22.5. The summed E-state index contributed by atoms with van der Waals surface area (Å²) in [6, 6.07) is 0. The van der Waals surface area contributed by atoms with Gasteiger partial charge in [-0.05, 0) is 0 Å². The van der Waals surface area contributed by atoms with Gasteiger partial charge < -0.3 is 19.2 Å². The third-order valence-electron chi connectivity index (χ3n) is 0. The summed E-state index contributed by atoms with van der Waals surface area (Å²) in [5, 5.41) is 0. The fraction of sp³-hybridized carbons (Fsp3) is 0. The van der Waals surface area contributed by atoms with E-state index in [0.717, 1.165) is 0 Å². The number of hydrogen-bond acceptors (Lipinski definition) is 4. The minimum atomic E-state index is -5.39. The molecule has 1 unspecified atom stereocenters. The zero-order valence-corrected chi connectivity index (χ0v) is 10.9. The number of phosphoric acid groups is 1. The molecule has 0 aliphatic rings. The van der Waals surface area contributed by atoms with Gasteiger partial charge >= 0.3 is 21.1 Å². The average molecular weight is 409 g/mol. The standard InChI is InChI=1S/Mo.H3O4P.H3P.W/c;1-5(2,3)4;;/h;(H3,1,2,3,4);1H3;/q+4;;;/p-3. The Morgan fingerprint density at radius 3 is 1.12 bits per heavy atom. The zero-order valence-electron chi connectivity index (χ0n) is 3.60. The van der Waals surface area contributed by atoms with Gasteiger partial charge in [-0.15, -0.1) is 0 Å². The van der Waals surface area contributed by atoms with Crippen molar-refractivity contribution < 1.29 is 61.4 Å². The summed E-state index contributed by atoms with van der Waals surface area (Å²) in [6.45, 7) is 0. The largest absolute Gasteiger partial charge is 4.00 e. The van der Waals surface area contributed by atoms with Gasteiger partial charge in [-0.1, -0.05) is 0 Å². The molecule has 0 bridgehead atoms. The summed E-state index contributed by atoms with van der Waals surface area (Å²) in [5.74, 6) is 0. The fourth-order valence-corrected chi connectivity index (χ4v) is 0. The quantitative estimate of drug-likeness (QED) is 0.321. The Kier molecular flexibility index (Phi) is 25.1. The van der Waals surface area contributed by atoms with Crippen LogP contribution in [0.5, 0.6) is 0 Å². The van der Waals surface area contributed by atoms with E-state index in [1.165, 1.54) is 0 Å². The van der Waals surface area contributed by atoms with Gasteiger partial charge in [0.25, 0.3) is 0 Å². The monoisotopic (exact) mass is 411 g/mol. The zero-order chi connectivity index (χ0) is 4.50. The third kappa shape index (κ3) is 103. The summed E-state index contributed by atoms with van der Waals surface area (Å²) in [4.78, 5) is 25.6. The molecule has 0 heterocycles. The molecule has 0 aromatic carbocycles. The van der Waals surface area contributed by atoms with Gasteiger partial charge in [0.1, 0.15) is 0 Å². The maximum atomic E-state index is 8.55. The van der Waals surface area contributed by atoms with Crippen molar-refractivity contribution in [3.05, 3.63) is 0 Å². The molecule has 0 aromatic rings. The van der Waals surface area contributed by atoms with Crippen LogP contribution in [0.2, 0.25) is 0 Å². The first-order chi connectivity index (χ1) is 2.00. The summed E-state index contributed by atoms with van der Waals surface area (Å²) >= 11 is 0. The summed E-state index contributed by atoms with van der Waals surface area (Å²) in [7, 11) is -5.39.